The number of carbonyl (C=O) groups excluding carboxylic acids is 1. The number of aromatic amines is 1. The van der Waals surface area contributed by atoms with Crippen molar-refractivity contribution in [3.8, 4) is 11.5 Å². The number of benzene rings is 2. The van der Waals surface area contributed by atoms with Crippen LogP contribution in [0.5, 0.6) is 11.5 Å². The lowest BCUT2D eigenvalue weighted by atomic mass is 10.2. The standard InChI is InChI=1S/C25H25BrN6O3.CH4/c1-34-14-18-10-17(13-28-18)29-24(33)23-12-20(8-9-27-23)35-19-6-7-21-22(11-19)32-25(31-21)30-16-4-2-15(26)3-5-16;/h2-9,11-12,17-18,28H,10,13-14H2,1H3,(H,29,33)(H2,30,31,32);1H4/t17-,18-;/m1./s1. The number of pyridine rings is 1. The SMILES string of the molecule is C.COC[C@H]1C[C@@H](NC(=O)c2cc(Oc3ccc4nc(Nc5ccc(Br)cc5)[nH]c4c3)ccn2)CN1. The van der Waals surface area contributed by atoms with E-state index in [2.05, 4.69) is 46.8 Å². The summed E-state index contributed by atoms with van der Waals surface area (Å²) in [6, 6.07) is 17.1. The molecule has 0 bridgehead atoms. The zero-order valence-corrected chi connectivity index (χ0v) is 20.6. The molecule has 3 heterocycles. The van der Waals surface area contributed by atoms with Crippen LogP contribution in [0.4, 0.5) is 11.6 Å². The maximum Gasteiger partial charge on any atom is 0.270 e. The number of aromatic nitrogens is 3. The van der Waals surface area contributed by atoms with Gasteiger partial charge < -0.3 is 30.4 Å². The van der Waals surface area contributed by atoms with E-state index in [4.69, 9.17) is 9.47 Å². The van der Waals surface area contributed by atoms with Gasteiger partial charge in [0.15, 0.2) is 0 Å². The second kappa shape index (κ2) is 11.5. The number of nitrogens with zero attached hydrogens (tertiary/aromatic N) is 2. The number of imidazole rings is 1. The Hall–Kier alpha value is -3.47. The molecule has 1 aliphatic heterocycles. The second-order valence-corrected chi connectivity index (χ2v) is 9.26. The minimum atomic E-state index is -0.229. The number of methoxy groups -OCH3 is 1. The summed E-state index contributed by atoms with van der Waals surface area (Å²) in [6.45, 7) is 1.33. The highest BCUT2D eigenvalue weighted by Crippen LogP contribution is 2.27. The third kappa shape index (κ3) is 6.20. The van der Waals surface area contributed by atoms with Gasteiger partial charge in [-0.2, -0.15) is 0 Å². The van der Waals surface area contributed by atoms with Crippen LogP contribution in [0.15, 0.2) is 65.3 Å². The number of halogens is 1. The molecule has 1 saturated heterocycles. The number of anilines is 2. The number of carbonyl (C=O) groups is 1. The maximum absolute atomic E-state index is 12.7. The summed E-state index contributed by atoms with van der Waals surface area (Å²) in [5.74, 6) is 1.56. The highest BCUT2D eigenvalue weighted by atomic mass is 79.9. The van der Waals surface area contributed by atoms with Crippen LogP contribution in [0, 0.1) is 0 Å². The monoisotopic (exact) mass is 552 g/mol. The van der Waals surface area contributed by atoms with Crippen molar-refractivity contribution in [2.45, 2.75) is 25.9 Å². The normalized spacial score (nSPS) is 16.9. The van der Waals surface area contributed by atoms with E-state index in [1.165, 1.54) is 0 Å². The van der Waals surface area contributed by atoms with Crippen LogP contribution < -0.4 is 20.7 Å². The minimum absolute atomic E-state index is 0. The molecular weight excluding hydrogens is 524 g/mol. The number of rotatable bonds is 8. The lowest BCUT2D eigenvalue weighted by molar-refractivity contribution is 0.0933. The fourth-order valence-corrected chi connectivity index (χ4v) is 4.30. The third-order valence-corrected chi connectivity index (χ3v) is 6.21. The molecule has 10 heteroatoms. The predicted octanol–water partition coefficient (Wildman–Crippen LogP) is 5.00. The van der Waals surface area contributed by atoms with E-state index in [-0.39, 0.29) is 25.4 Å². The van der Waals surface area contributed by atoms with Gasteiger partial charge in [-0.3, -0.25) is 9.78 Å². The fourth-order valence-electron chi connectivity index (χ4n) is 4.03. The average Bonchev–Trinajstić information content (AvgIpc) is 3.46. The van der Waals surface area contributed by atoms with Gasteiger partial charge in [-0.1, -0.05) is 23.4 Å². The molecule has 4 N–H and O–H groups in total. The van der Waals surface area contributed by atoms with Crippen molar-refractivity contribution in [3.05, 3.63) is 71.0 Å². The number of amides is 1. The van der Waals surface area contributed by atoms with E-state index >= 15 is 0 Å². The molecule has 0 unspecified atom stereocenters. The summed E-state index contributed by atoms with van der Waals surface area (Å²) in [4.78, 5) is 24.8. The van der Waals surface area contributed by atoms with Crippen molar-refractivity contribution < 1.29 is 14.3 Å². The highest BCUT2D eigenvalue weighted by molar-refractivity contribution is 9.10. The van der Waals surface area contributed by atoms with E-state index in [1.54, 1.807) is 25.4 Å². The Morgan fingerprint density at radius 1 is 1.14 bits per heavy atom. The van der Waals surface area contributed by atoms with Gasteiger partial charge in [-0.25, -0.2) is 4.98 Å². The van der Waals surface area contributed by atoms with Gasteiger partial charge in [0.25, 0.3) is 5.91 Å². The van der Waals surface area contributed by atoms with Crippen molar-refractivity contribution in [1.82, 2.24) is 25.6 Å². The Morgan fingerprint density at radius 2 is 1.94 bits per heavy atom. The average molecular weight is 553 g/mol. The Labute approximate surface area is 218 Å². The first kappa shape index (κ1) is 25.6. The molecule has 4 aromatic rings. The summed E-state index contributed by atoms with van der Waals surface area (Å²) in [5, 5.41) is 9.62. The zero-order chi connectivity index (χ0) is 24.2. The first-order valence-corrected chi connectivity index (χ1v) is 12.0. The molecule has 0 saturated carbocycles. The fraction of sp³-hybridized carbons (Fsp3) is 0.269. The van der Waals surface area contributed by atoms with Gasteiger partial charge in [0.1, 0.15) is 17.2 Å². The lowest BCUT2D eigenvalue weighted by Gasteiger charge is -2.12. The van der Waals surface area contributed by atoms with Crippen LogP contribution in [-0.4, -0.2) is 53.2 Å². The van der Waals surface area contributed by atoms with Crippen LogP contribution in [0.2, 0.25) is 0 Å². The Balaban J connectivity index is 0.00000304. The van der Waals surface area contributed by atoms with Gasteiger partial charge in [0.05, 0.1) is 17.6 Å². The van der Waals surface area contributed by atoms with Crippen LogP contribution in [0.25, 0.3) is 11.0 Å². The van der Waals surface area contributed by atoms with Crippen LogP contribution in [0.3, 0.4) is 0 Å². The first-order valence-electron chi connectivity index (χ1n) is 11.2. The van der Waals surface area contributed by atoms with Gasteiger partial charge in [-0.05, 0) is 48.9 Å². The van der Waals surface area contributed by atoms with E-state index < -0.39 is 0 Å². The molecule has 0 spiro atoms. The highest BCUT2D eigenvalue weighted by Gasteiger charge is 2.25. The summed E-state index contributed by atoms with van der Waals surface area (Å²) in [5.41, 5.74) is 2.87. The van der Waals surface area contributed by atoms with Gasteiger partial charge in [0.2, 0.25) is 5.95 Å². The summed E-state index contributed by atoms with van der Waals surface area (Å²) < 4.78 is 12.2. The zero-order valence-electron chi connectivity index (χ0n) is 19.0. The summed E-state index contributed by atoms with van der Waals surface area (Å²) in [6.07, 6.45) is 2.39. The van der Waals surface area contributed by atoms with Crippen LogP contribution in [0.1, 0.15) is 24.3 Å². The number of nitrogens with one attached hydrogen (secondary N) is 4. The van der Waals surface area contributed by atoms with Gasteiger partial charge in [0, 0.05) is 54.2 Å². The molecule has 2 atom stereocenters. The maximum atomic E-state index is 12.7. The van der Waals surface area contributed by atoms with Crippen molar-refractivity contribution in [2.75, 3.05) is 25.6 Å². The van der Waals surface area contributed by atoms with E-state index in [0.29, 0.717) is 36.3 Å². The summed E-state index contributed by atoms with van der Waals surface area (Å²) >= 11 is 3.44. The molecule has 1 fully saturated rings. The Morgan fingerprint density at radius 3 is 2.75 bits per heavy atom. The van der Waals surface area contributed by atoms with Crippen molar-refractivity contribution >= 4 is 44.5 Å². The molecule has 188 valence electrons. The number of hydrogen-bond acceptors (Lipinski definition) is 7. The number of hydrogen-bond donors (Lipinski definition) is 4. The number of fused-ring (bicyclic) bond motifs is 1. The van der Waals surface area contributed by atoms with E-state index in [1.807, 2.05) is 42.5 Å². The molecule has 1 aliphatic rings. The molecule has 2 aromatic carbocycles. The molecular formula is C26H29BrN6O3. The number of H-pyrrole nitrogens is 1. The van der Waals surface area contributed by atoms with Crippen LogP contribution in [-0.2, 0) is 4.74 Å². The Bertz CT molecular complexity index is 1330. The molecule has 0 radical (unpaired) electrons. The Kier molecular flexibility index (Phi) is 8.19. The topological polar surface area (TPSA) is 113 Å². The molecule has 9 nitrogen and oxygen atoms in total. The lowest BCUT2D eigenvalue weighted by Crippen LogP contribution is -2.36. The summed E-state index contributed by atoms with van der Waals surface area (Å²) in [7, 11) is 1.67. The van der Waals surface area contributed by atoms with E-state index in [9.17, 15) is 4.79 Å². The third-order valence-electron chi connectivity index (χ3n) is 5.69. The van der Waals surface area contributed by atoms with Crippen LogP contribution >= 0.6 is 15.9 Å². The molecule has 36 heavy (non-hydrogen) atoms. The van der Waals surface area contributed by atoms with Crippen molar-refractivity contribution in [2.24, 2.45) is 0 Å². The van der Waals surface area contributed by atoms with Crippen molar-refractivity contribution in [1.29, 1.82) is 0 Å². The minimum Gasteiger partial charge on any atom is -0.457 e. The molecule has 1 amide bonds. The first-order chi connectivity index (χ1) is 17.1. The predicted molar refractivity (Wildman–Crippen MR) is 144 cm³/mol. The van der Waals surface area contributed by atoms with Gasteiger partial charge in [-0.15, -0.1) is 0 Å². The molecule has 5 rings (SSSR count). The molecule has 0 aliphatic carbocycles. The van der Waals surface area contributed by atoms with Crippen molar-refractivity contribution in [3.63, 3.8) is 0 Å². The van der Waals surface area contributed by atoms with E-state index in [0.717, 1.165) is 27.6 Å². The molecule has 2 aromatic heterocycles. The smallest absolute Gasteiger partial charge is 0.270 e. The number of ether oxygens (including phenoxy) is 2. The largest absolute Gasteiger partial charge is 0.457 e. The quantitative estimate of drug-likeness (QED) is 0.243. The van der Waals surface area contributed by atoms with Gasteiger partial charge >= 0.3 is 0 Å². The second-order valence-electron chi connectivity index (χ2n) is 8.34.